The average Bonchev–Trinajstić information content (AvgIpc) is 2.05. The van der Waals surface area contributed by atoms with Crippen molar-refractivity contribution in [3.63, 3.8) is 0 Å². The molecule has 0 spiro atoms. The van der Waals surface area contributed by atoms with Crippen molar-refractivity contribution in [1.82, 2.24) is 9.97 Å². The fourth-order valence-corrected chi connectivity index (χ4v) is 0.981. The Balaban J connectivity index is 2.73. The second-order valence-electron chi connectivity index (χ2n) is 2.70. The standard InChI is InChI=1S/C8H14N4/c1-3-6-12(2)8-10-5-4-7(9)11-8/h4-5H,3,6H2,1-2H3,(H2,9,10,11). The Kier molecular flexibility index (Phi) is 2.85. The smallest absolute Gasteiger partial charge is 0.226 e. The Labute approximate surface area is 72.4 Å². The molecule has 12 heavy (non-hydrogen) atoms. The maximum absolute atomic E-state index is 5.51. The molecule has 0 saturated heterocycles. The highest BCUT2D eigenvalue weighted by Crippen LogP contribution is 2.06. The van der Waals surface area contributed by atoms with Crippen molar-refractivity contribution in [3.05, 3.63) is 12.3 Å². The Hall–Kier alpha value is -1.32. The highest BCUT2D eigenvalue weighted by molar-refractivity contribution is 5.36. The van der Waals surface area contributed by atoms with Gasteiger partial charge in [-0.3, -0.25) is 0 Å². The third-order valence-electron chi connectivity index (χ3n) is 1.56. The maximum Gasteiger partial charge on any atom is 0.226 e. The molecule has 0 unspecified atom stereocenters. The zero-order valence-corrected chi connectivity index (χ0v) is 7.49. The lowest BCUT2D eigenvalue weighted by Crippen LogP contribution is -2.20. The average molecular weight is 166 g/mol. The zero-order valence-electron chi connectivity index (χ0n) is 7.49. The second-order valence-corrected chi connectivity index (χ2v) is 2.70. The molecular formula is C8H14N4. The highest BCUT2D eigenvalue weighted by atomic mass is 15.2. The summed E-state index contributed by atoms with van der Waals surface area (Å²) in [6.45, 7) is 3.06. The van der Waals surface area contributed by atoms with E-state index in [0.717, 1.165) is 13.0 Å². The predicted molar refractivity (Wildman–Crippen MR) is 50.0 cm³/mol. The molecule has 1 heterocycles. The maximum atomic E-state index is 5.51. The number of anilines is 2. The van der Waals surface area contributed by atoms with Gasteiger partial charge < -0.3 is 10.6 Å². The highest BCUT2D eigenvalue weighted by Gasteiger charge is 2.01. The van der Waals surface area contributed by atoms with Gasteiger partial charge in [0, 0.05) is 19.8 Å². The summed E-state index contributed by atoms with van der Waals surface area (Å²) < 4.78 is 0. The van der Waals surface area contributed by atoms with Crippen LogP contribution >= 0.6 is 0 Å². The van der Waals surface area contributed by atoms with E-state index in [4.69, 9.17) is 5.73 Å². The van der Waals surface area contributed by atoms with E-state index in [1.165, 1.54) is 0 Å². The quantitative estimate of drug-likeness (QED) is 0.725. The number of rotatable bonds is 3. The summed E-state index contributed by atoms with van der Waals surface area (Å²) in [4.78, 5) is 10.2. The van der Waals surface area contributed by atoms with Crippen molar-refractivity contribution >= 4 is 11.8 Å². The molecule has 1 rings (SSSR count). The molecule has 0 aromatic carbocycles. The molecule has 2 N–H and O–H groups in total. The number of nitrogens with two attached hydrogens (primary N) is 1. The molecular weight excluding hydrogens is 152 g/mol. The molecule has 0 fully saturated rings. The van der Waals surface area contributed by atoms with Crippen LogP contribution in [-0.2, 0) is 0 Å². The fourth-order valence-electron chi connectivity index (χ4n) is 0.981. The van der Waals surface area contributed by atoms with Gasteiger partial charge in [-0.2, -0.15) is 4.98 Å². The van der Waals surface area contributed by atoms with Crippen molar-refractivity contribution in [3.8, 4) is 0 Å². The number of nitrogens with zero attached hydrogens (tertiary/aromatic N) is 3. The van der Waals surface area contributed by atoms with E-state index < -0.39 is 0 Å². The van der Waals surface area contributed by atoms with Crippen molar-refractivity contribution in [2.75, 3.05) is 24.2 Å². The zero-order chi connectivity index (χ0) is 8.97. The van der Waals surface area contributed by atoms with E-state index in [0.29, 0.717) is 11.8 Å². The second kappa shape index (κ2) is 3.90. The molecule has 0 bridgehead atoms. The van der Waals surface area contributed by atoms with Crippen LogP contribution in [0.25, 0.3) is 0 Å². The third kappa shape index (κ3) is 2.08. The van der Waals surface area contributed by atoms with E-state index >= 15 is 0 Å². The van der Waals surface area contributed by atoms with Crippen LogP contribution in [0.1, 0.15) is 13.3 Å². The van der Waals surface area contributed by atoms with E-state index in [2.05, 4.69) is 16.9 Å². The molecule has 0 aliphatic rings. The van der Waals surface area contributed by atoms with Gasteiger partial charge in [-0.15, -0.1) is 0 Å². The molecule has 1 aromatic rings. The predicted octanol–water partition coefficient (Wildman–Crippen LogP) is 0.905. The molecule has 1 aromatic heterocycles. The first-order chi connectivity index (χ1) is 5.74. The van der Waals surface area contributed by atoms with Gasteiger partial charge in [-0.05, 0) is 12.5 Å². The summed E-state index contributed by atoms with van der Waals surface area (Å²) in [5, 5.41) is 0. The third-order valence-corrected chi connectivity index (χ3v) is 1.56. The lowest BCUT2D eigenvalue weighted by molar-refractivity contribution is 0.820. The van der Waals surface area contributed by atoms with Crippen LogP contribution in [0.5, 0.6) is 0 Å². The number of nitrogen functional groups attached to an aromatic ring is 1. The van der Waals surface area contributed by atoms with E-state index in [9.17, 15) is 0 Å². The van der Waals surface area contributed by atoms with Crippen LogP contribution in [0.3, 0.4) is 0 Å². The number of aromatic nitrogens is 2. The van der Waals surface area contributed by atoms with Gasteiger partial charge in [0.2, 0.25) is 5.95 Å². The Morgan fingerprint density at radius 1 is 1.58 bits per heavy atom. The van der Waals surface area contributed by atoms with Crippen molar-refractivity contribution in [2.24, 2.45) is 0 Å². The summed E-state index contributed by atoms with van der Waals surface area (Å²) in [6.07, 6.45) is 2.75. The van der Waals surface area contributed by atoms with E-state index in [-0.39, 0.29) is 0 Å². The van der Waals surface area contributed by atoms with Crippen molar-refractivity contribution < 1.29 is 0 Å². The molecule has 0 radical (unpaired) electrons. The lowest BCUT2D eigenvalue weighted by Gasteiger charge is -2.15. The Bertz CT molecular complexity index is 249. The van der Waals surface area contributed by atoms with Crippen LogP contribution in [0.4, 0.5) is 11.8 Å². The number of hydrogen-bond donors (Lipinski definition) is 1. The fraction of sp³-hybridized carbons (Fsp3) is 0.500. The minimum absolute atomic E-state index is 0.517. The first kappa shape index (κ1) is 8.77. The largest absolute Gasteiger partial charge is 0.384 e. The number of hydrogen-bond acceptors (Lipinski definition) is 4. The van der Waals surface area contributed by atoms with Crippen LogP contribution in [0, 0.1) is 0 Å². The topological polar surface area (TPSA) is 55.0 Å². The lowest BCUT2D eigenvalue weighted by atomic mass is 10.4. The van der Waals surface area contributed by atoms with Crippen LogP contribution in [0.15, 0.2) is 12.3 Å². The Morgan fingerprint density at radius 2 is 2.33 bits per heavy atom. The van der Waals surface area contributed by atoms with Crippen LogP contribution in [-0.4, -0.2) is 23.6 Å². The monoisotopic (exact) mass is 166 g/mol. The van der Waals surface area contributed by atoms with Gasteiger partial charge in [-0.25, -0.2) is 4.98 Å². The van der Waals surface area contributed by atoms with E-state index in [1.54, 1.807) is 12.3 Å². The normalized spacial score (nSPS) is 9.83. The van der Waals surface area contributed by atoms with Gasteiger partial charge in [0.05, 0.1) is 0 Å². The molecule has 0 aliphatic heterocycles. The molecule has 0 aliphatic carbocycles. The Morgan fingerprint density at radius 3 is 2.92 bits per heavy atom. The summed E-state index contributed by atoms with van der Waals surface area (Å²) >= 11 is 0. The van der Waals surface area contributed by atoms with Crippen molar-refractivity contribution in [1.29, 1.82) is 0 Å². The molecule has 0 atom stereocenters. The van der Waals surface area contributed by atoms with Crippen LogP contribution < -0.4 is 10.6 Å². The molecule has 4 heteroatoms. The van der Waals surface area contributed by atoms with Gasteiger partial charge in [0.1, 0.15) is 5.82 Å². The first-order valence-corrected chi connectivity index (χ1v) is 4.03. The summed E-state index contributed by atoms with van der Waals surface area (Å²) in [6, 6.07) is 1.68. The molecule has 4 nitrogen and oxygen atoms in total. The first-order valence-electron chi connectivity index (χ1n) is 4.03. The van der Waals surface area contributed by atoms with Gasteiger partial charge in [-0.1, -0.05) is 6.92 Å². The van der Waals surface area contributed by atoms with E-state index in [1.807, 2.05) is 11.9 Å². The van der Waals surface area contributed by atoms with Gasteiger partial charge >= 0.3 is 0 Å². The minimum Gasteiger partial charge on any atom is -0.384 e. The van der Waals surface area contributed by atoms with Gasteiger partial charge in [0.25, 0.3) is 0 Å². The summed E-state index contributed by atoms with van der Waals surface area (Å²) in [5.41, 5.74) is 5.51. The van der Waals surface area contributed by atoms with Gasteiger partial charge in [0.15, 0.2) is 0 Å². The van der Waals surface area contributed by atoms with Crippen LogP contribution in [0.2, 0.25) is 0 Å². The minimum atomic E-state index is 0.517. The molecule has 66 valence electrons. The van der Waals surface area contributed by atoms with Crippen molar-refractivity contribution in [2.45, 2.75) is 13.3 Å². The SMILES string of the molecule is CCCN(C)c1nccc(N)n1. The molecule has 0 amide bonds. The summed E-state index contributed by atoms with van der Waals surface area (Å²) in [7, 11) is 1.96. The molecule has 0 saturated carbocycles. The summed E-state index contributed by atoms with van der Waals surface area (Å²) in [5.74, 6) is 1.21.